The minimum absolute atomic E-state index is 0.0707. The zero-order valence-corrected chi connectivity index (χ0v) is 9.77. The van der Waals surface area contributed by atoms with Gasteiger partial charge in [-0.1, -0.05) is 26.0 Å². The summed E-state index contributed by atoms with van der Waals surface area (Å²) in [5, 5.41) is -0.204. The molecule has 0 aromatic rings. The van der Waals surface area contributed by atoms with Gasteiger partial charge in [0.15, 0.2) is 0 Å². The maximum atomic E-state index is 11.6. The quantitative estimate of drug-likeness (QED) is 0.545. The van der Waals surface area contributed by atoms with Crippen LogP contribution in [0.4, 0.5) is 0 Å². The maximum Gasteiger partial charge on any atom is 0.235 e. The second-order valence-electron chi connectivity index (χ2n) is 3.84. The van der Waals surface area contributed by atoms with Gasteiger partial charge < -0.3 is 4.90 Å². The Morgan fingerprint density at radius 3 is 2.31 bits per heavy atom. The average molecular weight is 201 g/mol. The van der Waals surface area contributed by atoms with Crippen LogP contribution in [0.5, 0.6) is 0 Å². The van der Waals surface area contributed by atoms with Gasteiger partial charge in [0.1, 0.15) is 0 Å². The summed E-state index contributed by atoms with van der Waals surface area (Å²) in [5.74, 6) is 0.338. The zero-order chi connectivity index (χ0) is 10.6. The number of hydrogen-bond donors (Lipinski definition) is 1. The van der Waals surface area contributed by atoms with Gasteiger partial charge in [0.05, 0.1) is 5.25 Å². The number of carbonyl (C=O) groups is 1. The zero-order valence-electron chi connectivity index (χ0n) is 8.87. The van der Waals surface area contributed by atoms with E-state index in [0.29, 0.717) is 6.54 Å². The number of likely N-dealkylation sites (N-methyl/N-ethyl adjacent to an activating group) is 1. The van der Waals surface area contributed by atoms with Gasteiger partial charge in [0.2, 0.25) is 5.91 Å². The summed E-state index contributed by atoms with van der Waals surface area (Å²) in [6.45, 7) is 10.3. The third kappa shape index (κ3) is 4.36. The third-order valence-electron chi connectivity index (χ3n) is 1.77. The molecule has 0 N–H and O–H groups in total. The molecule has 0 heterocycles. The molecule has 0 spiro atoms. The van der Waals surface area contributed by atoms with Crippen molar-refractivity contribution in [2.45, 2.75) is 26.0 Å². The van der Waals surface area contributed by atoms with Crippen LogP contribution in [0.15, 0.2) is 12.2 Å². The predicted octanol–water partition coefficient (Wildman–Crippen LogP) is 1.98. The van der Waals surface area contributed by atoms with E-state index in [9.17, 15) is 4.79 Å². The molecular formula is C10H19NOS. The van der Waals surface area contributed by atoms with Crippen LogP contribution in [-0.2, 0) is 4.79 Å². The molecule has 0 rings (SSSR count). The van der Waals surface area contributed by atoms with Crippen LogP contribution in [0.3, 0.4) is 0 Å². The summed E-state index contributed by atoms with van der Waals surface area (Å²) in [6, 6.07) is 0. The van der Waals surface area contributed by atoms with Crippen molar-refractivity contribution in [3.8, 4) is 0 Å². The van der Waals surface area contributed by atoms with Gasteiger partial charge in [-0.15, -0.1) is 0 Å². The highest BCUT2D eigenvalue weighted by molar-refractivity contribution is 7.81. The molecule has 13 heavy (non-hydrogen) atoms. The summed E-state index contributed by atoms with van der Waals surface area (Å²) in [6.07, 6.45) is 0. The van der Waals surface area contributed by atoms with Crippen LogP contribution >= 0.6 is 12.6 Å². The highest BCUT2D eigenvalue weighted by Gasteiger charge is 2.20. The molecule has 3 heteroatoms. The minimum atomic E-state index is -0.204. The first-order valence-electron chi connectivity index (χ1n) is 4.43. The van der Waals surface area contributed by atoms with Crippen molar-refractivity contribution in [1.29, 1.82) is 0 Å². The number of amides is 1. The Labute approximate surface area is 86.4 Å². The van der Waals surface area contributed by atoms with Crippen molar-refractivity contribution in [2.75, 3.05) is 13.6 Å². The molecule has 0 aromatic carbocycles. The summed E-state index contributed by atoms with van der Waals surface area (Å²) in [4.78, 5) is 13.3. The lowest BCUT2D eigenvalue weighted by Crippen LogP contribution is -2.37. The Morgan fingerprint density at radius 1 is 1.54 bits per heavy atom. The van der Waals surface area contributed by atoms with E-state index >= 15 is 0 Å². The number of carbonyl (C=O) groups excluding carboxylic acids is 1. The van der Waals surface area contributed by atoms with E-state index in [1.165, 1.54) is 0 Å². The summed E-state index contributed by atoms with van der Waals surface area (Å²) < 4.78 is 0. The van der Waals surface area contributed by atoms with Crippen molar-refractivity contribution in [3.05, 3.63) is 12.2 Å². The minimum Gasteiger partial charge on any atom is -0.341 e. The third-order valence-corrected chi connectivity index (χ3v) is 2.58. The Bertz CT molecular complexity index is 201. The van der Waals surface area contributed by atoms with Crippen molar-refractivity contribution in [3.63, 3.8) is 0 Å². The molecule has 0 saturated carbocycles. The predicted molar refractivity (Wildman–Crippen MR) is 60.1 cm³/mol. The van der Waals surface area contributed by atoms with Crippen molar-refractivity contribution in [1.82, 2.24) is 4.90 Å². The first-order valence-corrected chi connectivity index (χ1v) is 4.95. The van der Waals surface area contributed by atoms with Crippen molar-refractivity contribution < 1.29 is 4.79 Å². The molecule has 0 saturated heterocycles. The monoisotopic (exact) mass is 201 g/mol. The highest BCUT2D eigenvalue weighted by Crippen LogP contribution is 2.12. The van der Waals surface area contributed by atoms with Gasteiger partial charge in [0.25, 0.3) is 0 Å². The van der Waals surface area contributed by atoms with Gasteiger partial charge in [-0.2, -0.15) is 12.6 Å². The Morgan fingerprint density at radius 2 is 2.00 bits per heavy atom. The average Bonchev–Trinajstić information content (AvgIpc) is 2.00. The molecule has 0 bridgehead atoms. The molecule has 0 radical (unpaired) electrons. The smallest absolute Gasteiger partial charge is 0.235 e. The number of nitrogens with zero attached hydrogens (tertiary/aromatic N) is 1. The molecular weight excluding hydrogens is 182 g/mol. The van der Waals surface area contributed by atoms with Crippen LogP contribution in [0.25, 0.3) is 0 Å². The molecule has 0 aliphatic heterocycles. The Kier molecular flexibility index (Phi) is 5.14. The van der Waals surface area contributed by atoms with E-state index in [1.54, 1.807) is 11.9 Å². The van der Waals surface area contributed by atoms with Crippen LogP contribution in [0.1, 0.15) is 20.8 Å². The van der Waals surface area contributed by atoms with Crippen LogP contribution < -0.4 is 0 Å². The molecule has 0 aliphatic rings. The lowest BCUT2D eigenvalue weighted by Gasteiger charge is -2.22. The van der Waals surface area contributed by atoms with Gasteiger partial charge in [0, 0.05) is 13.6 Å². The standard InChI is InChI=1S/C10H19NOS/c1-7(2)6-11(5)10(12)9(13)8(3)4/h8-9,13H,1,6H2,2-5H3. The van der Waals surface area contributed by atoms with Gasteiger partial charge in [-0.25, -0.2) is 0 Å². The summed E-state index contributed by atoms with van der Waals surface area (Å²) in [5.41, 5.74) is 0.986. The topological polar surface area (TPSA) is 20.3 Å². The van der Waals surface area contributed by atoms with E-state index in [4.69, 9.17) is 0 Å². The molecule has 0 aliphatic carbocycles. The molecule has 1 atom stereocenters. The molecule has 76 valence electrons. The first kappa shape index (κ1) is 12.6. The van der Waals surface area contributed by atoms with E-state index < -0.39 is 0 Å². The Balaban J connectivity index is 4.17. The first-order chi connectivity index (χ1) is 5.86. The number of rotatable bonds is 4. The summed E-state index contributed by atoms with van der Waals surface area (Å²) in [7, 11) is 1.78. The molecule has 0 fully saturated rings. The van der Waals surface area contributed by atoms with Gasteiger partial charge in [-0.3, -0.25) is 4.79 Å². The van der Waals surface area contributed by atoms with Gasteiger partial charge >= 0.3 is 0 Å². The second-order valence-corrected chi connectivity index (χ2v) is 4.40. The lowest BCUT2D eigenvalue weighted by atomic mass is 10.1. The summed E-state index contributed by atoms with van der Waals surface area (Å²) >= 11 is 4.26. The number of thiol groups is 1. The van der Waals surface area contributed by atoms with Crippen molar-refractivity contribution in [2.24, 2.45) is 5.92 Å². The fraction of sp³-hybridized carbons (Fsp3) is 0.700. The lowest BCUT2D eigenvalue weighted by molar-refractivity contribution is -0.129. The molecule has 1 amide bonds. The molecule has 2 nitrogen and oxygen atoms in total. The molecule has 0 aromatic heterocycles. The maximum absolute atomic E-state index is 11.6. The van der Waals surface area contributed by atoms with Crippen LogP contribution in [-0.4, -0.2) is 29.6 Å². The van der Waals surface area contributed by atoms with E-state index in [2.05, 4.69) is 19.2 Å². The fourth-order valence-corrected chi connectivity index (χ4v) is 1.19. The fourth-order valence-electron chi connectivity index (χ4n) is 0.994. The number of hydrogen-bond acceptors (Lipinski definition) is 2. The van der Waals surface area contributed by atoms with Crippen LogP contribution in [0.2, 0.25) is 0 Å². The van der Waals surface area contributed by atoms with Crippen LogP contribution in [0, 0.1) is 5.92 Å². The Hall–Kier alpha value is -0.440. The SMILES string of the molecule is C=C(C)CN(C)C(=O)C(S)C(C)C. The van der Waals surface area contributed by atoms with Gasteiger partial charge in [-0.05, 0) is 12.8 Å². The van der Waals surface area contributed by atoms with E-state index in [1.807, 2.05) is 20.8 Å². The van der Waals surface area contributed by atoms with E-state index in [-0.39, 0.29) is 17.1 Å². The van der Waals surface area contributed by atoms with E-state index in [0.717, 1.165) is 5.57 Å². The molecule has 1 unspecified atom stereocenters. The van der Waals surface area contributed by atoms with Crippen molar-refractivity contribution >= 4 is 18.5 Å². The normalized spacial score (nSPS) is 12.8. The second kappa shape index (κ2) is 5.32. The largest absolute Gasteiger partial charge is 0.341 e. The highest BCUT2D eigenvalue weighted by atomic mass is 32.1.